The van der Waals surface area contributed by atoms with Gasteiger partial charge < -0.3 is 10.0 Å². The number of hydrogen-bond acceptors (Lipinski definition) is 5. The van der Waals surface area contributed by atoms with Crippen LogP contribution in [0.3, 0.4) is 0 Å². The van der Waals surface area contributed by atoms with Gasteiger partial charge >= 0.3 is 5.97 Å². The molecule has 0 radical (unpaired) electrons. The summed E-state index contributed by atoms with van der Waals surface area (Å²) in [5.41, 5.74) is 0. The molecule has 1 aliphatic rings. The van der Waals surface area contributed by atoms with E-state index in [1.54, 1.807) is 18.7 Å². The molecule has 1 N–H and O–H groups in total. The molecule has 0 spiro atoms. The molecule has 0 aliphatic carbocycles. The molecule has 1 amide bonds. The fourth-order valence-corrected chi connectivity index (χ4v) is 4.49. The van der Waals surface area contributed by atoms with Crippen LogP contribution >= 0.6 is 23.5 Å². The van der Waals surface area contributed by atoms with E-state index in [0.29, 0.717) is 18.7 Å². The summed E-state index contributed by atoms with van der Waals surface area (Å²) in [7, 11) is 0. The van der Waals surface area contributed by atoms with Crippen molar-refractivity contribution in [3.63, 3.8) is 0 Å². The van der Waals surface area contributed by atoms with Gasteiger partial charge in [-0.15, -0.1) is 11.8 Å². The standard InChI is InChI=1S/C17H21NO4S2/c1-11(10-23-12(2)19)16(20)18-9-14(8-15(18)17(21)22)24-13-6-4-3-5-7-13/h3-7,11,14-15H,8-10H2,1-2H3,(H,21,22)/t11?,14-,15-/m0/s1. The number of aliphatic carboxylic acids is 1. The highest BCUT2D eigenvalue weighted by Crippen LogP contribution is 2.33. The predicted molar refractivity (Wildman–Crippen MR) is 96.1 cm³/mol. The molecule has 1 heterocycles. The Bertz CT molecular complexity index is 608. The number of benzene rings is 1. The van der Waals surface area contributed by atoms with Gasteiger partial charge in [-0.3, -0.25) is 9.59 Å². The fourth-order valence-electron chi connectivity index (χ4n) is 2.65. The van der Waals surface area contributed by atoms with Gasteiger partial charge in [0, 0.05) is 35.3 Å². The van der Waals surface area contributed by atoms with E-state index in [4.69, 9.17) is 0 Å². The summed E-state index contributed by atoms with van der Waals surface area (Å²) in [6, 6.07) is 8.99. The Morgan fingerprint density at radius 2 is 1.96 bits per heavy atom. The molecule has 0 bridgehead atoms. The number of rotatable bonds is 6. The van der Waals surface area contributed by atoms with Crippen molar-refractivity contribution < 1.29 is 19.5 Å². The third-order valence-corrected chi connectivity index (χ3v) is 6.13. The Morgan fingerprint density at radius 3 is 2.54 bits per heavy atom. The first kappa shape index (κ1) is 18.9. The normalized spacial score (nSPS) is 21.5. The van der Waals surface area contributed by atoms with Crippen LogP contribution in [0.25, 0.3) is 0 Å². The van der Waals surface area contributed by atoms with E-state index in [0.717, 1.165) is 16.7 Å². The number of carbonyl (C=O) groups excluding carboxylic acids is 2. The first-order chi connectivity index (χ1) is 11.4. The molecule has 130 valence electrons. The van der Waals surface area contributed by atoms with Crippen LogP contribution in [-0.2, 0) is 14.4 Å². The minimum Gasteiger partial charge on any atom is -0.480 e. The second-order valence-electron chi connectivity index (χ2n) is 5.84. The van der Waals surface area contributed by atoms with E-state index >= 15 is 0 Å². The second-order valence-corrected chi connectivity index (χ2v) is 8.41. The fraction of sp³-hybridized carbons (Fsp3) is 0.471. The molecule has 1 saturated heterocycles. The third-order valence-electron chi connectivity index (χ3n) is 3.83. The summed E-state index contributed by atoms with van der Waals surface area (Å²) in [4.78, 5) is 37.7. The maximum atomic E-state index is 12.6. The molecule has 1 aromatic rings. The van der Waals surface area contributed by atoms with E-state index < -0.39 is 12.0 Å². The summed E-state index contributed by atoms with van der Waals surface area (Å²) < 4.78 is 0. The number of amides is 1. The van der Waals surface area contributed by atoms with Crippen LogP contribution in [0.2, 0.25) is 0 Å². The van der Waals surface area contributed by atoms with E-state index in [-0.39, 0.29) is 22.2 Å². The molecule has 0 aromatic heterocycles. The zero-order chi connectivity index (χ0) is 17.7. The lowest BCUT2D eigenvalue weighted by Gasteiger charge is -2.24. The first-order valence-corrected chi connectivity index (χ1v) is 9.63. The molecule has 3 atom stereocenters. The van der Waals surface area contributed by atoms with Gasteiger partial charge in [-0.2, -0.15) is 0 Å². The minimum absolute atomic E-state index is 0.0385. The van der Waals surface area contributed by atoms with Crippen molar-refractivity contribution in [3.8, 4) is 0 Å². The SMILES string of the molecule is CC(=O)SCC(C)C(=O)N1C[C@@H](Sc2ccccc2)C[C@H]1C(=O)O. The molecule has 1 fully saturated rings. The largest absolute Gasteiger partial charge is 0.480 e. The number of thioether (sulfide) groups is 2. The molecular weight excluding hydrogens is 346 g/mol. The number of carbonyl (C=O) groups is 3. The molecular formula is C17H21NO4S2. The number of hydrogen-bond donors (Lipinski definition) is 1. The van der Waals surface area contributed by atoms with Gasteiger partial charge in [0.05, 0.1) is 0 Å². The average Bonchev–Trinajstić information content (AvgIpc) is 2.96. The third kappa shape index (κ3) is 5.01. The summed E-state index contributed by atoms with van der Waals surface area (Å²) >= 11 is 2.71. The lowest BCUT2D eigenvalue weighted by molar-refractivity contribution is -0.149. The van der Waals surface area contributed by atoms with Crippen LogP contribution in [0.5, 0.6) is 0 Å². The van der Waals surface area contributed by atoms with Crippen molar-refractivity contribution in [2.75, 3.05) is 12.3 Å². The van der Waals surface area contributed by atoms with Crippen LogP contribution in [-0.4, -0.2) is 50.6 Å². The van der Waals surface area contributed by atoms with Gasteiger partial charge in [0.2, 0.25) is 5.91 Å². The number of likely N-dealkylation sites (tertiary alicyclic amines) is 1. The van der Waals surface area contributed by atoms with Gasteiger partial charge in [-0.05, 0) is 18.6 Å². The summed E-state index contributed by atoms with van der Waals surface area (Å²) in [6.45, 7) is 3.63. The van der Waals surface area contributed by atoms with Crippen molar-refractivity contribution in [3.05, 3.63) is 30.3 Å². The summed E-state index contributed by atoms with van der Waals surface area (Å²) in [5.74, 6) is -1.15. The molecule has 1 aliphatic heterocycles. The van der Waals surface area contributed by atoms with Gasteiger partial charge in [0.1, 0.15) is 6.04 Å². The summed E-state index contributed by atoms with van der Waals surface area (Å²) in [6.07, 6.45) is 0.438. The Morgan fingerprint density at radius 1 is 1.29 bits per heavy atom. The van der Waals surface area contributed by atoms with Crippen LogP contribution in [0, 0.1) is 5.92 Å². The van der Waals surface area contributed by atoms with E-state index in [9.17, 15) is 19.5 Å². The van der Waals surface area contributed by atoms with E-state index in [2.05, 4.69) is 0 Å². The maximum Gasteiger partial charge on any atom is 0.326 e. The van der Waals surface area contributed by atoms with Gasteiger partial charge in [0.25, 0.3) is 0 Å². The van der Waals surface area contributed by atoms with Gasteiger partial charge in [-0.1, -0.05) is 36.9 Å². The minimum atomic E-state index is -0.967. The molecule has 5 nitrogen and oxygen atoms in total. The van der Waals surface area contributed by atoms with E-state index in [1.165, 1.54) is 11.8 Å². The van der Waals surface area contributed by atoms with Crippen molar-refractivity contribution in [1.82, 2.24) is 4.90 Å². The smallest absolute Gasteiger partial charge is 0.326 e. The highest BCUT2D eigenvalue weighted by molar-refractivity contribution is 8.13. The number of nitrogens with zero attached hydrogens (tertiary/aromatic N) is 1. The quantitative estimate of drug-likeness (QED) is 0.833. The van der Waals surface area contributed by atoms with E-state index in [1.807, 2.05) is 30.3 Å². The van der Waals surface area contributed by atoms with Crippen LogP contribution in [0.15, 0.2) is 35.2 Å². The molecule has 1 aromatic carbocycles. The monoisotopic (exact) mass is 367 g/mol. The zero-order valence-corrected chi connectivity index (χ0v) is 15.3. The molecule has 2 rings (SSSR count). The lowest BCUT2D eigenvalue weighted by Crippen LogP contribution is -2.43. The Kier molecular flexibility index (Phi) is 6.74. The highest BCUT2D eigenvalue weighted by atomic mass is 32.2. The highest BCUT2D eigenvalue weighted by Gasteiger charge is 2.41. The van der Waals surface area contributed by atoms with Crippen LogP contribution in [0.4, 0.5) is 0 Å². The predicted octanol–water partition coefficient (Wildman–Crippen LogP) is 2.75. The Labute approximate surface area is 150 Å². The molecule has 7 heteroatoms. The van der Waals surface area contributed by atoms with Crippen LogP contribution in [0.1, 0.15) is 20.3 Å². The lowest BCUT2D eigenvalue weighted by atomic mass is 10.1. The average molecular weight is 367 g/mol. The van der Waals surface area contributed by atoms with Gasteiger partial charge in [0.15, 0.2) is 5.12 Å². The number of carboxylic acids is 1. The topological polar surface area (TPSA) is 74.7 Å². The van der Waals surface area contributed by atoms with Crippen molar-refractivity contribution >= 4 is 40.5 Å². The first-order valence-electron chi connectivity index (χ1n) is 7.77. The van der Waals surface area contributed by atoms with Crippen molar-refractivity contribution in [1.29, 1.82) is 0 Å². The molecule has 24 heavy (non-hydrogen) atoms. The van der Waals surface area contributed by atoms with Gasteiger partial charge in [-0.25, -0.2) is 4.79 Å². The second kappa shape index (κ2) is 8.58. The number of carboxylic acid groups (broad SMARTS) is 1. The summed E-state index contributed by atoms with van der Waals surface area (Å²) in [5, 5.41) is 9.48. The Hall–Kier alpha value is -1.47. The molecule has 1 unspecified atom stereocenters. The van der Waals surface area contributed by atoms with Crippen molar-refractivity contribution in [2.45, 2.75) is 36.5 Å². The van der Waals surface area contributed by atoms with Crippen molar-refractivity contribution in [2.24, 2.45) is 5.92 Å². The zero-order valence-electron chi connectivity index (χ0n) is 13.7. The molecule has 0 saturated carbocycles. The Balaban J connectivity index is 2.03. The van der Waals surface area contributed by atoms with Crippen LogP contribution < -0.4 is 0 Å². The maximum absolute atomic E-state index is 12.6.